The number of carbonyl (C=O) groups is 1. The van der Waals surface area contributed by atoms with Crippen LogP contribution in [0.5, 0.6) is 5.88 Å². The van der Waals surface area contributed by atoms with E-state index in [1.165, 1.54) is 12.8 Å². The van der Waals surface area contributed by atoms with Crippen LogP contribution in [0.3, 0.4) is 0 Å². The zero-order valence-electron chi connectivity index (χ0n) is 21.6. The number of carboxylic acid groups (broad SMARTS) is 1. The van der Waals surface area contributed by atoms with E-state index in [2.05, 4.69) is 20.1 Å². The summed E-state index contributed by atoms with van der Waals surface area (Å²) in [4.78, 5) is 25.6. The molecule has 0 bridgehead atoms. The van der Waals surface area contributed by atoms with Gasteiger partial charge in [0.2, 0.25) is 11.8 Å². The molecule has 10 heteroatoms. The molecule has 200 valence electrons. The van der Waals surface area contributed by atoms with Gasteiger partial charge in [0, 0.05) is 41.8 Å². The smallest absolute Gasteiger partial charge is 0.309 e. The lowest BCUT2D eigenvalue weighted by Crippen LogP contribution is -2.58. The van der Waals surface area contributed by atoms with Crippen molar-refractivity contribution in [3.8, 4) is 5.88 Å². The number of benzene rings is 1. The van der Waals surface area contributed by atoms with E-state index in [9.17, 15) is 9.90 Å². The van der Waals surface area contributed by atoms with Gasteiger partial charge in [-0.15, -0.1) is 0 Å². The van der Waals surface area contributed by atoms with Gasteiger partial charge in [-0.3, -0.25) is 4.79 Å². The summed E-state index contributed by atoms with van der Waals surface area (Å²) < 4.78 is 5.47. The maximum Gasteiger partial charge on any atom is 0.309 e. The number of halogens is 2. The normalized spacial score (nSPS) is 27.2. The Bertz CT molecular complexity index is 1150. The molecule has 1 aromatic carbocycles. The molecule has 0 radical (unpaired) electrons. The fourth-order valence-corrected chi connectivity index (χ4v) is 6.60. The highest BCUT2D eigenvalue weighted by molar-refractivity contribution is 6.35. The molecular weight excluding hydrogens is 513 g/mol. The van der Waals surface area contributed by atoms with Gasteiger partial charge in [0.15, 0.2) is 0 Å². The summed E-state index contributed by atoms with van der Waals surface area (Å²) in [5, 5.41) is 14.1. The third-order valence-electron chi connectivity index (χ3n) is 8.45. The van der Waals surface area contributed by atoms with Gasteiger partial charge in [0.1, 0.15) is 5.82 Å². The van der Waals surface area contributed by atoms with E-state index in [1.54, 1.807) is 19.2 Å². The van der Waals surface area contributed by atoms with Crippen molar-refractivity contribution in [2.24, 2.45) is 17.3 Å². The molecule has 2 saturated heterocycles. The third-order valence-corrected chi connectivity index (χ3v) is 9.01. The summed E-state index contributed by atoms with van der Waals surface area (Å²) in [6.45, 7) is 7.88. The Kier molecular flexibility index (Phi) is 7.44. The van der Waals surface area contributed by atoms with Crippen LogP contribution in [0, 0.1) is 17.3 Å². The summed E-state index contributed by atoms with van der Waals surface area (Å²) in [6, 6.07) is 7.61. The Hall–Kier alpha value is -2.29. The van der Waals surface area contributed by atoms with Crippen molar-refractivity contribution in [3.05, 3.63) is 39.9 Å². The lowest BCUT2D eigenvalue weighted by Gasteiger charge is -2.52. The molecule has 1 aromatic heterocycles. The van der Waals surface area contributed by atoms with Crippen molar-refractivity contribution in [3.63, 3.8) is 0 Å². The van der Waals surface area contributed by atoms with Crippen molar-refractivity contribution >= 4 is 40.9 Å². The topological polar surface area (TPSA) is 90.8 Å². The standard InChI is InChI=1S/C27H35Cl2N5O3/c1-16(21-7-6-19(28)9-22(21)29)30-23-10-24(37-3)32-26(31-23)34-14-18(15-34)17-5-4-8-33(13-17)20-11-27(2,12-20)25(35)36/h6-7,9-10,16-18,20H,4-5,8,11-15H2,1-3H3,(H,35,36)(H,30,31,32)/t16-,17+,20?,27?/m1/s1. The Morgan fingerprint density at radius 3 is 2.62 bits per heavy atom. The van der Waals surface area contributed by atoms with E-state index >= 15 is 0 Å². The molecule has 3 aliphatic rings. The van der Waals surface area contributed by atoms with Crippen LogP contribution in [0.1, 0.15) is 51.1 Å². The molecule has 2 aliphatic heterocycles. The molecule has 1 saturated carbocycles. The quantitative estimate of drug-likeness (QED) is 0.456. The van der Waals surface area contributed by atoms with Gasteiger partial charge in [-0.05, 0) is 75.6 Å². The molecule has 0 spiro atoms. The third kappa shape index (κ3) is 5.47. The van der Waals surface area contributed by atoms with Gasteiger partial charge in [-0.2, -0.15) is 9.97 Å². The summed E-state index contributed by atoms with van der Waals surface area (Å²) in [5.41, 5.74) is 0.391. The molecule has 3 heterocycles. The first kappa shape index (κ1) is 26.3. The number of anilines is 2. The Morgan fingerprint density at radius 1 is 1.19 bits per heavy atom. The number of nitrogens with one attached hydrogen (secondary N) is 1. The maximum atomic E-state index is 11.5. The molecule has 37 heavy (non-hydrogen) atoms. The number of aliphatic carboxylic acids is 1. The molecule has 2 atom stereocenters. The molecule has 0 unspecified atom stereocenters. The van der Waals surface area contributed by atoms with Crippen LogP contribution in [-0.2, 0) is 4.79 Å². The van der Waals surface area contributed by atoms with Crippen LogP contribution >= 0.6 is 23.2 Å². The number of carboxylic acids is 1. The number of piperidine rings is 1. The molecule has 0 amide bonds. The van der Waals surface area contributed by atoms with Crippen molar-refractivity contribution in [1.82, 2.24) is 14.9 Å². The second-order valence-electron chi connectivity index (χ2n) is 11.1. The Balaban J connectivity index is 1.20. The van der Waals surface area contributed by atoms with Crippen molar-refractivity contribution in [2.75, 3.05) is 43.5 Å². The maximum absolute atomic E-state index is 11.5. The van der Waals surface area contributed by atoms with E-state index < -0.39 is 11.4 Å². The van der Waals surface area contributed by atoms with Crippen molar-refractivity contribution in [2.45, 2.75) is 51.6 Å². The lowest BCUT2D eigenvalue weighted by molar-refractivity contribution is -0.158. The molecule has 2 aromatic rings. The number of ether oxygens (including phenoxy) is 1. The van der Waals surface area contributed by atoms with Crippen molar-refractivity contribution < 1.29 is 14.6 Å². The highest BCUT2D eigenvalue weighted by Gasteiger charge is 2.49. The van der Waals surface area contributed by atoms with Crippen LogP contribution in [0.2, 0.25) is 10.0 Å². The zero-order chi connectivity index (χ0) is 26.3. The molecule has 1 aliphatic carbocycles. The number of rotatable bonds is 8. The van der Waals surface area contributed by atoms with Crippen LogP contribution < -0.4 is 15.0 Å². The first-order valence-electron chi connectivity index (χ1n) is 13.0. The Labute approximate surface area is 228 Å². The fourth-order valence-electron chi connectivity index (χ4n) is 6.03. The van der Waals surface area contributed by atoms with Crippen LogP contribution in [0.15, 0.2) is 24.3 Å². The van der Waals surface area contributed by atoms with Gasteiger partial charge < -0.3 is 25.0 Å². The molecule has 8 nitrogen and oxygen atoms in total. The van der Waals surface area contributed by atoms with Gasteiger partial charge in [0.25, 0.3) is 0 Å². The monoisotopic (exact) mass is 547 g/mol. The average Bonchev–Trinajstić information content (AvgIpc) is 2.81. The molecular formula is C27H35Cl2N5O3. The number of hydrogen-bond donors (Lipinski definition) is 2. The number of methoxy groups -OCH3 is 1. The first-order valence-corrected chi connectivity index (χ1v) is 13.8. The first-order chi connectivity index (χ1) is 17.6. The minimum atomic E-state index is -0.662. The van der Waals surface area contributed by atoms with Gasteiger partial charge >= 0.3 is 5.97 Å². The van der Waals surface area contributed by atoms with Crippen LogP contribution in [0.4, 0.5) is 11.8 Å². The summed E-state index contributed by atoms with van der Waals surface area (Å²) in [5.74, 6) is 2.41. The van der Waals surface area contributed by atoms with E-state index in [-0.39, 0.29) is 6.04 Å². The highest BCUT2D eigenvalue weighted by Crippen LogP contribution is 2.45. The largest absolute Gasteiger partial charge is 0.481 e. The van der Waals surface area contributed by atoms with E-state index in [0.717, 1.165) is 44.6 Å². The average molecular weight is 549 g/mol. The van der Waals surface area contributed by atoms with Crippen LogP contribution in [0.25, 0.3) is 0 Å². The summed E-state index contributed by atoms with van der Waals surface area (Å²) in [7, 11) is 1.61. The summed E-state index contributed by atoms with van der Waals surface area (Å²) >= 11 is 12.5. The number of nitrogens with zero attached hydrogens (tertiary/aromatic N) is 4. The number of hydrogen-bond acceptors (Lipinski definition) is 7. The van der Waals surface area contributed by atoms with E-state index in [1.807, 2.05) is 26.0 Å². The van der Waals surface area contributed by atoms with Gasteiger partial charge in [0.05, 0.1) is 18.6 Å². The van der Waals surface area contributed by atoms with Crippen molar-refractivity contribution in [1.29, 1.82) is 0 Å². The lowest BCUT2D eigenvalue weighted by atomic mass is 9.65. The molecule has 5 rings (SSSR count). The molecule has 2 N–H and O–H groups in total. The fraction of sp³-hybridized carbons (Fsp3) is 0.593. The van der Waals surface area contributed by atoms with Gasteiger partial charge in [-0.1, -0.05) is 29.3 Å². The SMILES string of the molecule is COc1cc(N[C@H](C)c2ccc(Cl)cc2Cl)nc(N2CC([C@H]3CCCN(C4CC(C)(C(=O)O)C4)C3)C2)n1. The van der Waals surface area contributed by atoms with E-state index in [0.29, 0.717) is 45.6 Å². The minimum absolute atomic E-state index is 0.0796. The second-order valence-corrected chi connectivity index (χ2v) is 12.0. The second kappa shape index (κ2) is 10.5. The predicted molar refractivity (Wildman–Crippen MR) is 146 cm³/mol. The summed E-state index contributed by atoms with van der Waals surface area (Å²) in [6.07, 6.45) is 3.93. The van der Waals surface area contributed by atoms with Crippen LogP contribution in [-0.4, -0.2) is 65.3 Å². The minimum Gasteiger partial charge on any atom is -0.481 e. The predicted octanol–water partition coefficient (Wildman–Crippen LogP) is 5.37. The van der Waals surface area contributed by atoms with Gasteiger partial charge in [-0.25, -0.2) is 0 Å². The number of aromatic nitrogens is 2. The van der Waals surface area contributed by atoms with E-state index in [4.69, 9.17) is 32.9 Å². The number of likely N-dealkylation sites (tertiary alicyclic amines) is 1. The highest BCUT2D eigenvalue weighted by atomic mass is 35.5. The molecule has 3 fully saturated rings. The Morgan fingerprint density at radius 2 is 1.95 bits per heavy atom. The zero-order valence-corrected chi connectivity index (χ0v) is 23.1.